The van der Waals surface area contributed by atoms with Crippen LogP contribution in [0.25, 0.3) is 10.9 Å². The Morgan fingerprint density at radius 2 is 1.58 bits per heavy atom. The van der Waals surface area contributed by atoms with Crippen molar-refractivity contribution in [2.45, 2.75) is 9.92 Å². The van der Waals surface area contributed by atoms with E-state index in [-0.39, 0.29) is 5.82 Å². The highest BCUT2D eigenvalue weighted by atomic mass is 32.2. The SMILES string of the molecule is Nc1c(Sc2cccc3cccnc23)ncnc1N1CCN(c2ccc(F)cc2)CC1. The molecule has 0 amide bonds. The highest BCUT2D eigenvalue weighted by Gasteiger charge is 2.22. The molecule has 2 aromatic carbocycles. The molecule has 5 rings (SSSR count). The molecular formula is C23H21FN6S. The lowest BCUT2D eigenvalue weighted by Crippen LogP contribution is -2.47. The first-order valence-electron chi connectivity index (χ1n) is 10.1. The quantitative estimate of drug-likeness (QED) is 0.484. The minimum Gasteiger partial charge on any atom is -0.394 e. The number of pyridine rings is 1. The van der Waals surface area contributed by atoms with Crippen LogP contribution >= 0.6 is 11.8 Å². The van der Waals surface area contributed by atoms with Crippen LogP contribution in [0, 0.1) is 5.82 Å². The highest BCUT2D eigenvalue weighted by molar-refractivity contribution is 7.99. The second-order valence-electron chi connectivity index (χ2n) is 7.30. The first-order chi connectivity index (χ1) is 15.2. The van der Waals surface area contributed by atoms with Crippen LogP contribution in [0.1, 0.15) is 0 Å². The van der Waals surface area contributed by atoms with Crippen molar-refractivity contribution in [2.24, 2.45) is 0 Å². The summed E-state index contributed by atoms with van der Waals surface area (Å²) in [5, 5.41) is 1.81. The van der Waals surface area contributed by atoms with E-state index in [9.17, 15) is 4.39 Å². The van der Waals surface area contributed by atoms with Gasteiger partial charge in [0.1, 0.15) is 22.9 Å². The number of fused-ring (bicyclic) bond motifs is 1. The van der Waals surface area contributed by atoms with Crippen molar-refractivity contribution in [1.29, 1.82) is 0 Å². The smallest absolute Gasteiger partial charge is 0.156 e. The van der Waals surface area contributed by atoms with E-state index in [1.54, 1.807) is 12.5 Å². The van der Waals surface area contributed by atoms with Crippen molar-refractivity contribution in [3.05, 3.63) is 72.9 Å². The lowest BCUT2D eigenvalue weighted by Gasteiger charge is -2.37. The normalized spacial score (nSPS) is 14.2. The predicted octanol–water partition coefficient (Wildman–Crippen LogP) is 4.22. The minimum absolute atomic E-state index is 0.220. The Kier molecular flexibility index (Phi) is 5.30. The monoisotopic (exact) mass is 432 g/mol. The summed E-state index contributed by atoms with van der Waals surface area (Å²) in [7, 11) is 0. The van der Waals surface area contributed by atoms with Gasteiger partial charge in [0.25, 0.3) is 0 Å². The standard InChI is InChI=1S/C23H21FN6S/c24-17-6-8-18(9-7-17)29-11-13-30(14-12-29)22-20(25)23(28-15-27-22)31-19-5-1-3-16-4-2-10-26-21(16)19/h1-10,15H,11-14,25H2. The van der Waals surface area contributed by atoms with E-state index in [1.807, 2.05) is 42.5 Å². The molecule has 1 saturated heterocycles. The molecule has 1 aliphatic heterocycles. The van der Waals surface area contributed by atoms with Gasteiger partial charge in [-0.1, -0.05) is 30.0 Å². The molecule has 4 aromatic rings. The molecule has 0 atom stereocenters. The Balaban J connectivity index is 1.35. The van der Waals surface area contributed by atoms with Crippen molar-refractivity contribution in [3.63, 3.8) is 0 Å². The molecule has 8 heteroatoms. The van der Waals surface area contributed by atoms with Crippen LogP contribution in [0.3, 0.4) is 0 Å². The number of rotatable bonds is 4. The largest absolute Gasteiger partial charge is 0.394 e. The molecular weight excluding hydrogens is 411 g/mol. The van der Waals surface area contributed by atoms with Gasteiger partial charge < -0.3 is 15.5 Å². The fraction of sp³-hybridized carbons (Fsp3) is 0.174. The Bertz CT molecular complexity index is 1200. The van der Waals surface area contributed by atoms with Crippen LogP contribution in [0.15, 0.2) is 77.0 Å². The molecule has 2 N–H and O–H groups in total. The van der Waals surface area contributed by atoms with Gasteiger partial charge in [-0.15, -0.1) is 0 Å². The maximum atomic E-state index is 13.2. The number of nitrogens with two attached hydrogens (primary N) is 1. The Morgan fingerprint density at radius 3 is 2.39 bits per heavy atom. The van der Waals surface area contributed by atoms with E-state index in [1.165, 1.54) is 23.9 Å². The zero-order valence-corrected chi connectivity index (χ0v) is 17.6. The second-order valence-corrected chi connectivity index (χ2v) is 8.33. The third-order valence-corrected chi connectivity index (χ3v) is 6.47. The van der Waals surface area contributed by atoms with Crippen LogP contribution < -0.4 is 15.5 Å². The number of piperazine rings is 1. The van der Waals surface area contributed by atoms with Crippen LogP contribution in [0.2, 0.25) is 0 Å². The molecule has 2 aromatic heterocycles. The molecule has 3 heterocycles. The summed E-state index contributed by atoms with van der Waals surface area (Å²) >= 11 is 1.51. The molecule has 1 aliphatic rings. The molecule has 0 saturated carbocycles. The number of benzene rings is 2. The molecule has 1 fully saturated rings. The number of aromatic nitrogens is 3. The number of nitrogens with zero attached hydrogens (tertiary/aromatic N) is 5. The zero-order valence-electron chi connectivity index (χ0n) is 16.8. The maximum Gasteiger partial charge on any atom is 0.156 e. The van der Waals surface area contributed by atoms with E-state index in [4.69, 9.17) is 5.73 Å². The fourth-order valence-electron chi connectivity index (χ4n) is 3.80. The topological polar surface area (TPSA) is 71.2 Å². The Labute approximate surface area is 183 Å². The first-order valence-corrected chi connectivity index (χ1v) is 10.9. The first kappa shape index (κ1) is 19.6. The predicted molar refractivity (Wildman–Crippen MR) is 123 cm³/mol. The number of halogens is 1. The average molecular weight is 433 g/mol. The van der Waals surface area contributed by atoms with Gasteiger partial charge in [0.2, 0.25) is 0 Å². The number of hydrogen-bond acceptors (Lipinski definition) is 7. The second kappa shape index (κ2) is 8.39. The van der Waals surface area contributed by atoms with Gasteiger partial charge in [0.15, 0.2) is 5.82 Å². The molecule has 0 unspecified atom stereocenters. The van der Waals surface area contributed by atoms with Crippen molar-refractivity contribution in [1.82, 2.24) is 15.0 Å². The molecule has 6 nitrogen and oxygen atoms in total. The number of para-hydroxylation sites is 1. The summed E-state index contributed by atoms with van der Waals surface area (Å²) in [6, 6.07) is 16.7. The van der Waals surface area contributed by atoms with Gasteiger partial charge >= 0.3 is 0 Å². The zero-order chi connectivity index (χ0) is 21.2. The summed E-state index contributed by atoms with van der Waals surface area (Å²) in [6.07, 6.45) is 3.36. The molecule has 31 heavy (non-hydrogen) atoms. The van der Waals surface area contributed by atoms with E-state index >= 15 is 0 Å². The van der Waals surface area contributed by atoms with Gasteiger partial charge in [0.05, 0.1) is 5.52 Å². The minimum atomic E-state index is -0.220. The van der Waals surface area contributed by atoms with Crippen LogP contribution in [0.5, 0.6) is 0 Å². The molecule has 0 bridgehead atoms. The van der Waals surface area contributed by atoms with Crippen LogP contribution in [0.4, 0.5) is 21.6 Å². The highest BCUT2D eigenvalue weighted by Crippen LogP contribution is 2.37. The molecule has 0 spiro atoms. The van der Waals surface area contributed by atoms with E-state index in [0.717, 1.165) is 58.5 Å². The lowest BCUT2D eigenvalue weighted by atomic mass is 10.2. The van der Waals surface area contributed by atoms with E-state index < -0.39 is 0 Å². The number of anilines is 3. The molecule has 0 aliphatic carbocycles. The van der Waals surface area contributed by atoms with E-state index in [0.29, 0.717) is 5.69 Å². The Morgan fingerprint density at radius 1 is 0.839 bits per heavy atom. The Hall–Kier alpha value is -3.39. The summed E-state index contributed by atoms with van der Waals surface area (Å²) in [5.74, 6) is 0.534. The van der Waals surface area contributed by atoms with Crippen molar-refractivity contribution in [3.8, 4) is 0 Å². The summed E-state index contributed by atoms with van der Waals surface area (Å²) < 4.78 is 13.2. The van der Waals surface area contributed by atoms with Gasteiger partial charge in [0, 0.05) is 48.3 Å². The molecule has 0 radical (unpaired) electrons. The van der Waals surface area contributed by atoms with Gasteiger partial charge in [-0.2, -0.15) is 0 Å². The van der Waals surface area contributed by atoms with Gasteiger partial charge in [-0.05, 0) is 36.4 Å². The van der Waals surface area contributed by atoms with Gasteiger partial charge in [-0.25, -0.2) is 14.4 Å². The van der Waals surface area contributed by atoms with Crippen molar-refractivity contribution >= 4 is 39.9 Å². The van der Waals surface area contributed by atoms with Crippen molar-refractivity contribution < 1.29 is 4.39 Å². The number of nitrogen functional groups attached to an aromatic ring is 1. The number of hydrogen-bond donors (Lipinski definition) is 1. The fourth-order valence-corrected chi connectivity index (χ4v) is 4.72. The van der Waals surface area contributed by atoms with Crippen molar-refractivity contribution in [2.75, 3.05) is 41.7 Å². The summed E-state index contributed by atoms with van der Waals surface area (Å²) in [4.78, 5) is 18.9. The van der Waals surface area contributed by atoms with E-state index in [2.05, 4.69) is 24.8 Å². The van der Waals surface area contributed by atoms with Gasteiger partial charge in [-0.3, -0.25) is 4.98 Å². The summed E-state index contributed by atoms with van der Waals surface area (Å²) in [6.45, 7) is 3.17. The summed E-state index contributed by atoms with van der Waals surface area (Å²) in [5.41, 5.74) is 9.04. The van der Waals surface area contributed by atoms with Crippen LogP contribution in [-0.2, 0) is 0 Å². The van der Waals surface area contributed by atoms with Crippen LogP contribution in [-0.4, -0.2) is 41.1 Å². The molecule has 156 valence electrons. The third kappa shape index (κ3) is 3.98. The maximum absolute atomic E-state index is 13.2. The third-order valence-electron chi connectivity index (χ3n) is 5.40. The lowest BCUT2D eigenvalue weighted by molar-refractivity contribution is 0.624. The average Bonchev–Trinajstić information content (AvgIpc) is 2.81.